The van der Waals surface area contributed by atoms with Gasteiger partial charge in [-0.25, -0.2) is 0 Å². The summed E-state index contributed by atoms with van der Waals surface area (Å²) in [5.41, 5.74) is -2.00. The van der Waals surface area contributed by atoms with Crippen molar-refractivity contribution in [1.29, 1.82) is 0 Å². The molecular formula is C26H48O5. The zero-order chi connectivity index (χ0) is 24.6. The van der Waals surface area contributed by atoms with Gasteiger partial charge in [0.1, 0.15) is 11.9 Å². The summed E-state index contributed by atoms with van der Waals surface area (Å²) in [6, 6.07) is 0. The summed E-state index contributed by atoms with van der Waals surface area (Å²) in [7, 11) is 0. The Morgan fingerprint density at radius 2 is 1.35 bits per heavy atom. The molecule has 0 radical (unpaired) electrons. The molecule has 0 spiro atoms. The maximum atomic E-state index is 13.9. The number of Topliss-reactive ketones (excluding diaryl/α,β-unsaturated/α-hetero) is 3. The molecule has 0 amide bonds. The first-order valence-corrected chi connectivity index (χ1v) is 12.1. The molecular weight excluding hydrogens is 392 g/mol. The van der Waals surface area contributed by atoms with Gasteiger partial charge in [0.15, 0.2) is 11.6 Å². The second-order valence-corrected chi connectivity index (χ2v) is 9.98. The fourth-order valence-corrected chi connectivity index (χ4v) is 4.37. The molecule has 5 heteroatoms. The summed E-state index contributed by atoms with van der Waals surface area (Å²) in [6.45, 7) is 21.2. The average Bonchev–Trinajstić information content (AvgIpc) is 2.72. The lowest BCUT2D eigenvalue weighted by Crippen LogP contribution is -2.57. The van der Waals surface area contributed by atoms with Crippen molar-refractivity contribution in [2.45, 2.75) is 126 Å². The third-order valence-electron chi connectivity index (χ3n) is 7.33. The highest BCUT2D eigenvalue weighted by molar-refractivity contribution is 6.04. The largest absolute Gasteiger partial charge is 0.376 e. The van der Waals surface area contributed by atoms with Gasteiger partial charge in [-0.05, 0) is 66.7 Å². The van der Waals surface area contributed by atoms with E-state index < -0.39 is 23.0 Å². The summed E-state index contributed by atoms with van der Waals surface area (Å²) in [4.78, 5) is 39.0. The number of carbonyl (C=O) groups excluding carboxylic acids is 3. The van der Waals surface area contributed by atoms with Crippen LogP contribution >= 0.6 is 0 Å². The van der Waals surface area contributed by atoms with Crippen molar-refractivity contribution < 1.29 is 23.9 Å². The molecule has 182 valence electrons. The molecule has 0 N–H and O–H groups in total. The van der Waals surface area contributed by atoms with E-state index in [0.717, 1.165) is 6.42 Å². The smallest absolute Gasteiger partial charge is 0.163 e. The highest BCUT2D eigenvalue weighted by atomic mass is 16.5. The van der Waals surface area contributed by atoms with Crippen molar-refractivity contribution in [3.05, 3.63) is 0 Å². The molecule has 31 heavy (non-hydrogen) atoms. The van der Waals surface area contributed by atoms with Crippen LogP contribution in [0.15, 0.2) is 0 Å². The molecule has 0 saturated carbocycles. The second kappa shape index (κ2) is 12.2. The lowest BCUT2D eigenvalue weighted by molar-refractivity contribution is -0.186. The van der Waals surface area contributed by atoms with Gasteiger partial charge in [-0.15, -0.1) is 0 Å². The average molecular weight is 441 g/mol. The van der Waals surface area contributed by atoms with Gasteiger partial charge in [-0.3, -0.25) is 14.4 Å². The molecule has 0 aromatic carbocycles. The van der Waals surface area contributed by atoms with Crippen LogP contribution in [0.4, 0.5) is 0 Å². The highest BCUT2D eigenvalue weighted by Crippen LogP contribution is 2.46. The van der Waals surface area contributed by atoms with Gasteiger partial charge in [-0.2, -0.15) is 0 Å². The summed E-state index contributed by atoms with van der Waals surface area (Å²) >= 11 is 0. The van der Waals surface area contributed by atoms with Crippen LogP contribution in [0.25, 0.3) is 0 Å². The summed E-state index contributed by atoms with van der Waals surface area (Å²) in [6.07, 6.45) is 2.29. The van der Waals surface area contributed by atoms with Crippen LogP contribution in [-0.2, 0) is 23.9 Å². The van der Waals surface area contributed by atoms with Crippen LogP contribution in [0.5, 0.6) is 0 Å². The molecule has 0 rings (SSSR count). The van der Waals surface area contributed by atoms with E-state index in [4.69, 9.17) is 9.47 Å². The van der Waals surface area contributed by atoms with E-state index in [1.165, 1.54) is 6.92 Å². The SMILES string of the molecule is CCC(C)(C)OCCC(C(C)=O)C(=O)C(C)(CC)C(CC)(CC)OC(C)C(=O)C(C)C. The topological polar surface area (TPSA) is 69.7 Å². The van der Waals surface area contributed by atoms with Crippen LogP contribution < -0.4 is 0 Å². The molecule has 3 atom stereocenters. The minimum absolute atomic E-state index is 0.0236. The van der Waals surface area contributed by atoms with Crippen molar-refractivity contribution in [3.8, 4) is 0 Å². The number of ether oxygens (including phenoxy) is 2. The third kappa shape index (κ3) is 7.21. The molecule has 0 aliphatic rings. The zero-order valence-electron chi connectivity index (χ0n) is 22.0. The number of rotatable bonds is 16. The first kappa shape index (κ1) is 29.9. The molecule has 0 saturated heterocycles. The van der Waals surface area contributed by atoms with E-state index in [-0.39, 0.29) is 28.9 Å². The molecule has 0 heterocycles. The predicted octanol–water partition coefficient (Wildman–Crippen LogP) is 5.96. The Hall–Kier alpha value is -1.07. The normalized spacial score (nSPS) is 16.6. The van der Waals surface area contributed by atoms with Crippen LogP contribution in [0.3, 0.4) is 0 Å². The summed E-state index contributed by atoms with van der Waals surface area (Å²) < 4.78 is 12.4. The van der Waals surface area contributed by atoms with E-state index in [9.17, 15) is 14.4 Å². The zero-order valence-corrected chi connectivity index (χ0v) is 22.0. The first-order chi connectivity index (χ1) is 14.2. The van der Waals surface area contributed by atoms with Crippen LogP contribution in [0.1, 0.15) is 108 Å². The Kier molecular flexibility index (Phi) is 11.8. The summed E-state index contributed by atoms with van der Waals surface area (Å²) in [5.74, 6) is -1.11. The molecule has 0 aliphatic heterocycles. The predicted molar refractivity (Wildman–Crippen MR) is 126 cm³/mol. The Bertz CT molecular complexity index is 603. The Balaban J connectivity index is 5.97. The van der Waals surface area contributed by atoms with E-state index in [1.807, 2.05) is 55.4 Å². The Morgan fingerprint density at radius 1 is 0.839 bits per heavy atom. The fraction of sp³-hybridized carbons (Fsp3) is 0.885. The van der Waals surface area contributed by atoms with Crippen LogP contribution in [0.2, 0.25) is 0 Å². The first-order valence-electron chi connectivity index (χ1n) is 12.1. The van der Waals surface area contributed by atoms with Gasteiger partial charge in [0.25, 0.3) is 0 Å². The van der Waals surface area contributed by atoms with Gasteiger partial charge in [-0.1, -0.05) is 41.5 Å². The van der Waals surface area contributed by atoms with Gasteiger partial charge in [0.05, 0.1) is 22.5 Å². The molecule has 0 bridgehead atoms. The van der Waals surface area contributed by atoms with Gasteiger partial charge >= 0.3 is 0 Å². The minimum atomic E-state index is -0.890. The van der Waals surface area contributed by atoms with Gasteiger partial charge in [0.2, 0.25) is 0 Å². The van der Waals surface area contributed by atoms with Crippen molar-refractivity contribution in [3.63, 3.8) is 0 Å². The van der Waals surface area contributed by atoms with Crippen molar-refractivity contribution in [2.24, 2.45) is 17.3 Å². The summed E-state index contributed by atoms with van der Waals surface area (Å²) in [5, 5.41) is 0. The van der Waals surface area contributed by atoms with Crippen molar-refractivity contribution >= 4 is 17.3 Å². The third-order valence-corrected chi connectivity index (χ3v) is 7.33. The number of ketones is 3. The van der Waals surface area contributed by atoms with Crippen molar-refractivity contribution in [1.82, 2.24) is 0 Å². The lowest BCUT2D eigenvalue weighted by Gasteiger charge is -2.49. The maximum absolute atomic E-state index is 13.9. The van der Waals surface area contributed by atoms with Gasteiger partial charge in [0, 0.05) is 12.5 Å². The molecule has 3 unspecified atom stereocenters. The Morgan fingerprint density at radius 3 is 1.71 bits per heavy atom. The molecule has 5 nitrogen and oxygen atoms in total. The Labute approximate surface area is 191 Å². The van der Waals surface area contributed by atoms with Crippen LogP contribution in [0, 0.1) is 17.3 Å². The molecule has 0 aliphatic carbocycles. The van der Waals surface area contributed by atoms with E-state index in [2.05, 4.69) is 6.92 Å². The minimum Gasteiger partial charge on any atom is -0.376 e. The van der Waals surface area contributed by atoms with Crippen molar-refractivity contribution in [2.75, 3.05) is 6.61 Å². The maximum Gasteiger partial charge on any atom is 0.163 e. The van der Waals surface area contributed by atoms with E-state index in [1.54, 1.807) is 6.92 Å². The fourth-order valence-electron chi connectivity index (χ4n) is 4.37. The van der Waals surface area contributed by atoms with E-state index >= 15 is 0 Å². The molecule has 0 aromatic heterocycles. The van der Waals surface area contributed by atoms with Crippen LogP contribution in [-0.4, -0.2) is 41.3 Å². The lowest BCUT2D eigenvalue weighted by atomic mass is 9.62. The van der Waals surface area contributed by atoms with E-state index in [0.29, 0.717) is 32.3 Å². The monoisotopic (exact) mass is 440 g/mol. The standard InChI is InChI=1S/C26H48O5/c1-12-24(9,10)30-17-16-21(19(7)27)23(29)25(11,13-2)26(14-3,15-4)31-20(8)22(28)18(5)6/h18,20-21H,12-17H2,1-11H3. The second-order valence-electron chi connectivity index (χ2n) is 9.98. The number of hydrogen-bond acceptors (Lipinski definition) is 5. The number of hydrogen-bond donors (Lipinski definition) is 0. The quantitative estimate of drug-likeness (QED) is 0.277. The molecule has 0 fully saturated rings. The molecule has 0 aromatic rings. The van der Waals surface area contributed by atoms with Gasteiger partial charge < -0.3 is 9.47 Å². The number of carbonyl (C=O) groups is 3. The highest BCUT2D eigenvalue weighted by Gasteiger charge is 2.54.